The van der Waals surface area contributed by atoms with Gasteiger partial charge in [-0.1, -0.05) is 0 Å². The van der Waals surface area contributed by atoms with Crippen molar-refractivity contribution in [3.05, 3.63) is 24.0 Å². The first-order chi connectivity index (χ1) is 5.77. The SMILES string of the molecule is Cc1cc([PH](=O)C2CC2)ccn1. The normalized spacial score (nSPS) is 19.1. The molecule has 0 aliphatic heterocycles. The van der Waals surface area contributed by atoms with E-state index in [0.717, 1.165) is 23.8 Å². The number of hydrogen-bond acceptors (Lipinski definition) is 2. The van der Waals surface area contributed by atoms with E-state index in [4.69, 9.17) is 0 Å². The maximum absolute atomic E-state index is 11.7. The Kier molecular flexibility index (Phi) is 2.02. The zero-order valence-corrected chi connectivity index (χ0v) is 8.08. The molecule has 0 bridgehead atoms. The van der Waals surface area contributed by atoms with Gasteiger partial charge in [0.05, 0.1) is 0 Å². The molecule has 0 amide bonds. The summed E-state index contributed by atoms with van der Waals surface area (Å²) in [6.45, 7) is 1.94. The highest BCUT2D eigenvalue weighted by atomic mass is 31.1. The van der Waals surface area contributed by atoms with Gasteiger partial charge in [0, 0.05) is 22.9 Å². The lowest BCUT2D eigenvalue weighted by molar-refractivity contribution is 0.592. The average Bonchev–Trinajstić information content (AvgIpc) is 2.85. The van der Waals surface area contributed by atoms with Crippen molar-refractivity contribution >= 4 is 13.1 Å². The lowest BCUT2D eigenvalue weighted by Crippen LogP contribution is -2.00. The standard InChI is InChI=1S/C9H12NOP/c1-7-6-9(4-5-10-7)12(11)8-2-3-8/h4-6,8,12H,2-3H2,1H3. The van der Waals surface area contributed by atoms with Crippen LogP contribution >= 0.6 is 7.80 Å². The van der Waals surface area contributed by atoms with E-state index >= 15 is 0 Å². The van der Waals surface area contributed by atoms with Gasteiger partial charge < -0.3 is 4.57 Å². The highest BCUT2D eigenvalue weighted by molar-refractivity contribution is 7.54. The Bertz CT molecular complexity index is 320. The topological polar surface area (TPSA) is 30.0 Å². The molecule has 1 saturated carbocycles. The molecule has 1 aromatic rings. The second kappa shape index (κ2) is 3.02. The summed E-state index contributed by atoms with van der Waals surface area (Å²) >= 11 is 0. The number of aromatic nitrogens is 1. The van der Waals surface area contributed by atoms with E-state index in [1.165, 1.54) is 0 Å². The fraction of sp³-hybridized carbons (Fsp3) is 0.444. The van der Waals surface area contributed by atoms with Gasteiger partial charge in [0.15, 0.2) is 0 Å². The van der Waals surface area contributed by atoms with E-state index in [9.17, 15) is 4.57 Å². The van der Waals surface area contributed by atoms with Crippen LogP contribution in [0.4, 0.5) is 0 Å². The van der Waals surface area contributed by atoms with Crippen molar-refractivity contribution in [3.8, 4) is 0 Å². The summed E-state index contributed by atoms with van der Waals surface area (Å²) in [6.07, 6.45) is 4.05. The number of hydrogen-bond donors (Lipinski definition) is 0. The van der Waals surface area contributed by atoms with Crippen LogP contribution in [0, 0.1) is 6.92 Å². The maximum Gasteiger partial charge on any atom is 0.107 e. The summed E-state index contributed by atoms with van der Waals surface area (Å²) < 4.78 is 11.7. The molecule has 1 aliphatic rings. The lowest BCUT2D eigenvalue weighted by atomic mass is 10.4. The third-order valence-electron chi connectivity index (χ3n) is 2.13. The first-order valence-corrected chi connectivity index (χ1v) is 5.73. The molecule has 1 fully saturated rings. The molecule has 3 heteroatoms. The van der Waals surface area contributed by atoms with Crippen LogP contribution in [-0.2, 0) is 4.57 Å². The van der Waals surface area contributed by atoms with Gasteiger partial charge in [-0.2, -0.15) is 0 Å². The van der Waals surface area contributed by atoms with Crippen LogP contribution < -0.4 is 5.30 Å². The van der Waals surface area contributed by atoms with Crippen LogP contribution in [0.1, 0.15) is 18.5 Å². The summed E-state index contributed by atoms with van der Waals surface area (Å²) in [7, 11) is -1.49. The van der Waals surface area contributed by atoms with E-state index in [1.54, 1.807) is 6.20 Å². The number of nitrogens with zero attached hydrogens (tertiary/aromatic N) is 1. The van der Waals surface area contributed by atoms with Gasteiger partial charge >= 0.3 is 0 Å². The first kappa shape index (κ1) is 8.00. The van der Waals surface area contributed by atoms with Crippen LogP contribution in [0.2, 0.25) is 0 Å². The summed E-state index contributed by atoms with van der Waals surface area (Å²) in [6, 6.07) is 3.83. The van der Waals surface area contributed by atoms with Crippen molar-refractivity contribution in [1.29, 1.82) is 0 Å². The molecule has 12 heavy (non-hydrogen) atoms. The molecular weight excluding hydrogens is 169 g/mol. The summed E-state index contributed by atoms with van der Waals surface area (Å²) in [5, 5.41) is 1.01. The molecule has 2 nitrogen and oxygen atoms in total. The molecule has 1 unspecified atom stereocenters. The van der Waals surface area contributed by atoms with Crippen molar-refractivity contribution in [2.24, 2.45) is 0 Å². The molecule has 1 aromatic heterocycles. The minimum atomic E-state index is -1.49. The zero-order valence-electron chi connectivity index (χ0n) is 7.08. The van der Waals surface area contributed by atoms with Crippen molar-refractivity contribution in [3.63, 3.8) is 0 Å². The molecule has 2 rings (SSSR count). The van der Waals surface area contributed by atoms with Crippen molar-refractivity contribution in [2.75, 3.05) is 0 Å². The quantitative estimate of drug-likeness (QED) is 0.650. The number of pyridine rings is 1. The minimum absolute atomic E-state index is 0.497. The summed E-state index contributed by atoms with van der Waals surface area (Å²) in [4.78, 5) is 4.08. The Hall–Kier alpha value is -0.620. The van der Waals surface area contributed by atoms with Crippen LogP contribution in [0.25, 0.3) is 0 Å². The molecule has 1 aliphatic carbocycles. The van der Waals surface area contributed by atoms with Gasteiger partial charge in [-0.25, -0.2) is 0 Å². The first-order valence-electron chi connectivity index (χ1n) is 4.24. The maximum atomic E-state index is 11.7. The number of rotatable bonds is 2. The van der Waals surface area contributed by atoms with E-state index in [2.05, 4.69) is 4.98 Å². The van der Waals surface area contributed by atoms with Gasteiger partial charge in [0.25, 0.3) is 0 Å². The van der Waals surface area contributed by atoms with E-state index in [-0.39, 0.29) is 0 Å². The smallest absolute Gasteiger partial charge is 0.107 e. The minimum Gasteiger partial charge on any atom is -0.322 e. The molecule has 0 radical (unpaired) electrons. The Morgan fingerprint density at radius 2 is 2.33 bits per heavy atom. The fourth-order valence-electron chi connectivity index (χ4n) is 1.28. The van der Waals surface area contributed by atoms with Crippen molar-refractivity contribution < 1.29 is 4.57 Å². The Morgan fingerprint density at radius 3 is 2.92 bits per heavy atom. The molecular formula is C9H12NOP. The predicted octanol–water partition coefficient (Wildman–Crippen LogP) is 1.74. The van der Waals surface area contributed by atoms with Crippen LogP contribution in [0.5, 0.6) is 0 Å². The van der Waals surface area contributed by atoms with E-state index in [1.807, 2.05) is 19.1 Å². The Labute approximate surface area is 72.8 Å². The third-order valence-corrected chi connectivity index (χ3v) is 4.33. The average molecular weight is 181 g/mol. The van der Waals surface area contributed by atoms with Crippen LogP contribution in [0.15, 0.2) is 18.3 Å². The number of aryl methyl sites for hydroxylation is 1. The lowest BCUT2D eigenvalue weighted by Gasteiger charge is -1.99. The monoisotopic (exact) mass is 181 g/mol. The Balaban J connectivity index is 2.26. The van der Waals surface area contributed by atoms with Crippen LogP contribution in [0.3, 0.4) is 0 Å². The Morgan fingerprint density at radius 1 is 1.58 bits per heavy atom. The summed E-state index contributed by atoms with van der Waals surface area (Å²) in [5.41, 5.74) is 1.46. The second-order valence-corrected chi connectivity index (χ2v) is 5.45. The van der Waals surface area contributed by atoms with Gasteiger partial charge in [-0.3, -0.25) is 4.98 Å². The molecule has 0 spiro atoms. The largest absolute Gasteiger partial charge is 0.322 e. The van der Waals surface area contributed by atoms with Crippen molar-refractivity contribution in [1.82, 2.24) is 4.98 Å². The van der Waals surface area contributed by atoms with Gasteiger partial charge in [-0.15, -0.1) is 0 Å². The predicted molar refractivity (Wildman–Crippen MR) is 50.6 cm³/mol. The zero-order chi connectivity index (χ0) is 8.55. The third kappa shape index (κ3) is 1.59. The van der Waals surface area contributed by atoms with Crippen LogP contribution in [-0.4, -0.2) is 10.6 Å². The molecule has 0 aromatic carbocycles. The van der Waals surface area contributed by atoms with Gasteiger partial charge in [-0.05, 0) is 31.9 Å². The second-order valence-electron chi connectivity index (χ2n) is 3.32. The highest BCUT2D eigenvalue weighted by Crippen LogP contribution is 2.43. The highest BCUT2D eigenvalue weighted by Gasteiger charge is 2.28. The van der Waals surface area contributed by atoms with E-state index in [0.29, 0.717) is 5.66 Å². The van der Waals surface area contributed by atoms with Gasteiger partial charge in [0.2, 0.25) is 0 Å². The summed E-state index contributed by atoms with van der Waals surface area (Å²) in [5.74, 6) is 0. The van der Waals surface area contributed by atoms with Crippen molar-refractivity contribution in [2.45, 2.75) is 25.4 Å². The molecule has 1 heterocycles. The fourth-order valence-corrected chi connectivity index (χ4v) is 3.03. The van der Waals surface area contributed by atoms with E-state index < -0.39 is 7.80 Å². The molecule has 64 valence electrons. The van der Waals surface area contributed by atoms with Gasteiger partial charge in [0.1, 0.15) is 7.80 Å². The molecule has 1 atom stereocenters. The molecule has 0 saturated heterocycles. The molecule has 0 N–H and O–H groups in total.